The number of ether oxygens (including phenoxy) is 1. The Bertz CT molecular complexity index is 782. The first kappa shape index (κ1) is 13.9. The summed E-state index contributed by atoms with van der Waals surface area (Å²) in [5, 5.41) is 3.72. The lowest BCUT2D eigenvalue weighted by molar-refractivity contribution is 0.457. The fourth-order valence-electron chi connectivity index (χ4n) is 2.23. The summed E-state index contributed by atoms with van der Waals surface area (Å²) in [6.45, 7) is 2.65. The summed E-state index contributed by atoms with van der Waals surface area (Å²) in [4.78, 5) is 4.53. The Morgan fingerprint density at radius 3 is 2.90 bits per heavy atom. The molecule has 0 spiro atoms. The van der Waals surface area contributed by atoms with Gasteiger partial charge in [0.25, 0.3) is 0 Å². The second kappa shape index (κ2) is 5.76. The minimum atomic E-state index is 0.571. The highest BCUT2D eigenvalue weighted by Crippen LogP contribution is 2.31. The number of fused-ring (bicyclic) bond motifs is 1. The van der Waals surface area contributed by atoms with Crippen LogP contribution in [0, 0.1) is 6.92 Å². The third kappa shape index (κ3) is 2.73. The molecule has 4 nitrogen and oxygen atoms in total. The van der Waals surface area contributed by atoms with E-state index >= 15 is 0 Å². The number of pyridine rings is 1. The first-order chi connectivity index (χ1) is 10.2. The Morgan fingerprint density at radius 2 is 2.14 bits per heavy atom. The summed E-state index contributed by atoms with van der Waals surface area (Å²) in [5.74, 6) is 1.18. The standard InChI is InChI=1S/C16H16ClN3O/c1-11-6-7-14(12(17)9-11)21-16-13(10-18-2)20-8-4-3-5-15(20)19-16/h3-9,18H,10H2,1-2H3. The number of halogens is 1. The molecule has 3 aromatic rings. The largest absolute Gasteiger partial charge is 0.436 e. The number of aryl methyl sites for hydroxylation is 1. The molecule has 0 fully saturated rings. The van der Waals surface area contributed by atoms with E-state index in [0.29, 0.717) is 23.2 Å². The number of imidazole rings is 1. The maximum absolute atomic E-state index is 6.23. The average Bonchev–Trinajstić information content (AvgIpc) is 2.81. The predicted molar refractivity (Wildman–Crippen MR) is 84.2 cm³/mol. The van der Waals surface area contributed by atoms with E-state index in [1.165, 1.54) is 0 Å². The van der Waals surface area contributed by atoms with Gasteiger partial charge in [-0.05, 0) is 43.8 Å². The van der Waals surface area contributed by atoms with E-state index in [9.17, 15) is 0 Å². The Morgan fingerprint density at radius 1 is 1.29 bits per heavy atom. The first-order valence-electron chi connectivity index (χ1n) is 6.73. The van der Waals surface area contributed by atoms with Gasteiger partial charge in [-0.25, -0.2) is 0 Å². The zero-order valence-corrected chi connectivity index (χ0v) is 12.7. The van der Waals surface area contributed by atoms with Crippen molar-refractivity contribution in [1.82, 2.24) is 14.7 Å². The van der Waals surface area contributed by atoms with Crippen LogP contribution in [0.25, 0.3) is 5.65 Å². The molecule has 0 saturated heterocycles. The molecule has 1 aromatic carbocycles. The summed E-state index contributed by atoms with van der Waals surface area (Å²) in [6.07, 6.45) is 1.97. The molecule has 21 heavy (non-hydrogen) atoms. The quantitative estimate of drug-likeness (QED) is 0.796. The van der Waals surface area contributed by atoms with Gasteiger partial charge >= 0.3 is 0 Å². The van der Waals surface area contributed by atoms with Crippen LogP contribution >= 0.6 is 11.6 Å². The monoisotopic (exact) mass is 301 g/mol. The molecule has 3 rings (SSSR count). The van der Waals surface area contributed by atoms with Gasteiger partial charge < -0.3 is 10.1 Å². The molecular weight excluding hydrogens is 286 g/mol. The van der Waals surface area contributed by atoms with Gasteiger partial charge in [-0.15, -0.1) is 0 Å². The summed E-state index contributed by atoms with van der Waals surface area (Å²) >= 11 is 6.23. The van der Waals surface area contributed by atoms with Crippen molar-refractivity contribution >= 4 is 17.2 Å². The Hall–Kier alpha value is -2.04. The van der Waals surface area contributed by atoms with Crippen molar-refractivity contribution in [2.75, 3.05) is 7.05 Å². The van der Waals surface area contributed by atoms with Gasteiger partial charge in [-0.2, -0.15) is 4.98 Å². The summed E-state index contributed by atoms with van der Waals surface area (Å²) in [7, 11) is 1.89. The van der Waals surface area contributed by atoms with E-state index in [-0.39, 0.29) is 0 Å². The lowest BCUT2D eigenvalue weighted by Gasteiger charge is -2.08. The van der Waals surface area contributed by atoms with Crippen molar-refractivity contribution in [1.29, 1.82) is 0 Å². The van der Waals surface area contributed by atoms with Gasteiger partial charge in [0.1, 0.15) is 17.1 Å². The molecule has 108 valence electrons. The van der Waals surface area contributed by atoms with Crippen LogP contribution in [-0.2, 0) is 6.54 Å². The summed E-state index contributed by atoms with van der Waals surface area (Å²) < 4.78 is 7.94. The number of hydrogen-bond acceptors (Lipinski definition) is 3. The molecule has 0 atom stereocenters. The molecule has 5 heteroatoms. The van der Waals surface area contributed by atoms with Crippen molar-refractivity contribution < 1.29 is 4.74 Å². The topological polar surface area (TPSA) is 38.6 Å². The van der Waals surface area contributed by atoms with Crippen molar-refractivity contribution in [2.24, 2.45) is 0 Å². The van der Waals surface area contributed by atoms with Crippen molar-refractivity contribution in [3.63, 3.8) is 0 Å². The van der Waals surface area contributed by atoms with Gasteiger partial charge in [-0.1, -0.05) is 23.7 Å². The first-order valence-corrected chi connectivity index (χ1v) is 7.11. The van der Waals surface area contributed by atoms with Crippen molar-refractivity contribution in [3.05, 3.63) is 58.9 Å². The van der Waals surface area contributed by atoms with Gasteiger partial charge in [0.15, 0.2) is 0 Å². The highest BCUT2D eigenvalue weighted by molar-refractivity contribution is 6.32. The molecule has 0 unspecified atom stereocenters. The van der Waals surface area contributed by atoms with Crippen LogP contribution in [0.15, 0.2) is 42.6 Å². The maximum atomic E-state index is 6.23. The molecule has 2 heterocycles. The number of aromatic nitrogens is 2. The van der Waals surface area contributed by atoms with Crippen LogP contribution in [-0.4, -0.2) is 16.4 Å². The zero-order chi connectivity index (χ0) is 14.8. The van der Waals surface area contributed by atoms with E-state index < -0.39 is 0 Å². The number of hydrogen-bond donors (Lipinski definition) is 1. The van der Waals surface area contributed by atoms with E-state index in [2.05, 4.69) is 10.3 Å². The zero-order valence-electron chi connectivity index (χ0n) is 11.9. The molecule has 0 aliphatic heterocycles. The summed E-state index contributed by atoms with van der Waals surface area (Å²) in [5.41, 5.74) is 2.91. The molecule has 0 aliphatic rings. The molecule has 0 aliphatic carbocycles. The molecule has 0 bridgehead atoms. The number of nitrogens with one attached hydrogen (secondary N) is 1. The highest BCUT2D eigenvalue weighted by Gasteiger charge is 2.14. The molecule has 0 amide bonds. The molecule has 0 saturated carbocycles. The molecule has 2 aromatic heterocycles. The second-order valence-electron chi connectivity index (χ2n) is 4.86. The minimum absolute atomic E-state index is 0.571. The lowest BCUT2D eigenvalue weighted by atomic mass is 10.2. The van der Waals surface area contributed by atoms with Crippen LogP contribution in [0.2, 0.25) is 5.02 Å². The molecular formula is C16H16ClN3O. The Balaban J connectivity index is 2.05. The van der Waals surface area contributed by atoms with Crippen LogP contribution in [0.3, 0.4) is 0 Å². The van der Waals surface area contributed by atoms with Gasteiger partial charge in [0.05, 0.1) is 5.02 Å². The van der Waals surface area contributed by atoms with Crippen molar-refractivity contribution in [2.45, 2.75) is 13.5 Å². The highest BCUT2D eigenvalue weighted by atomic mass is 35.5. The fourth-order valence-corrected chi connectivity index (χ4v) is 2.50. The number of nitrogens with zero attached hydrogens (tertiary/aromatic N) is 2. The SMILES string of the molecule is CNCc1c(Oc2ccc(C)cc2Cl)nc2ccccn12. The van der Waals surface area contributed by atoms with E-state index in [1.54, 1.807) is 0 Å². The predicted octanol–water partition coefficient (Wildman–Crippen LogP) is 3.81. The summed E-state index contributed by atoms with van der Waals surface area (Å²) in [6, 6.07) is 11.6. The smallest absolute Gasteiger partial charge is 0.242 e. The average molecular weight is 302 g/mol. The number of rotatable bonds is 4. The maximum Gasteiger partial charge on any atom is 0.242 e. The second-order valence-corrected chi connectivity index (χ2v) is 5.27. The normalized spacial score (nSPS) is 11.0. The third-order valence-corrected chi connectivity index (χ3v) is 3.53. The molecule has 1 N–H and O–H groups in total. The van der Waals surface area contributed by atoms with Crippen LogP contribution in [0.1, 0.15) is 11.3 Å². The Kier molecular flexibility index (Phi) is 3.82. The molecule has 0 radical (unpaired) electrons. The Labute approximate surface area is 128 Å². The van der Waals surface area contributed by atoms with Gasteiger partial charge in [-0.3, -0.25) is 4.40 Å². The fraction of sp³-hybridized carbons (Fsp3) is 0.188. The lowest BCUT2D eigenvalue weighted by Crippen LogP contribution is -2.08. The minimum Gasteiger partial charge on any atom is -0.436 e. The number of benzene rings is 1. The van der Waals surface area contributed by atoms with E-state index in [4.69, 9.17) is 16.3 Å². The van der Waals surface area contributed by atoms with Crippen LogP contribution in [0.5, 0.6) is 11.6 Å². The third-order valence-electron chi connectivity index (χ3n) is 3.23. The van der Waals surface area contributed by atoms with Crippen LogP contribution < -0.4 is 10.1 Å². The van der Waals surface area contributed by atoms with E-state index in [0.717, 1.165) is 16.9 Å². The van der Waals surface area contributed by atoms with Gasteiger partial charge in [0.2, 0.25) is 5.88 Å². The van der Waals surface area contributed by atoms with E-state index in [1.807, 2.05) is 61.0 Å². The van der Waals surface area contributed by atoms with Crippen molar-refractivity contribution in [3.8, 4) is 11.6 Å². The van der Waals surface area contributed by atoms with Gasteiger partial charge in [0, 0.05) is 12.7 Å². The van der Waals surface area contributed by atoms with Crippen LogP contribution in [0.4, 0.5) is 0 Å².